The molecule has 0 bridgehead atoms. The third kappa shape index (κ3) is 4.04. The number of carbonyl (C=O) groups is 1. The van der Waals surface area contributed by atoms with Gasteiger partial charge in [-0.25, -0.2) is 5.43 Å². The molecule has 9 nitrogen and oxygen atoms in total. The quantitative estimate of drug-likeness (QED) is 0.382. The highest BCUT2D eigenvalue weighted by molar-refractivity contribution is 5.94. The first-order valence-electron chi connectivity index (χ1n) is 8.15. The lowest BCUT2D eigenvalue weighted by atomic mass is 10.1. The van der Waals surface area contributed by atoms with Crippen molar-refractivity contribution in [2.75, 3.05) is 14.2 Å². The van der Waals surface area contributed by atoms with Crippen molar-refractivity contribution in [1.82, 2.24) is 15.6 Å². The van der Waals surface area contributed by atoms with Crippen LogP contribution in [0.3, 0.4) is 0 Å². The number of aromatic nitrogens is 2. The third-order valence-electron chi connectivity index (χ3n) is 3.89. The van der Waals surface area contributed by atoms with Crippen LogP contribution in [-0.2, 0) is 0 Å². The number of benzene rings is 2. The van der Waals surface area contributed by atoms with E-state index >= 15 is 0 Å². The van der Waals surface area contributed by atoms with Gasteiger partial charge in [0.05, 0.1) is 26.1 Å². The van der Waals surface area contributed by atoms with Crippen LogP contribution in [0.4, 0.5) is 0 Å². The lowest BCUT2D eigenvalue weighted by Gasteiger charge is -2.08. The van der Waals surface area contributed by atoms with Gasteiger partial charge in [0.1, 0.15) is 17.2 Å². The predicted octanol–water partition coefficient (Wildman–Crippen LogP) is 2.27. The minimum atomic E-state index is -0.506. The number of amides is 1. The number of hydrazone groups is 1. The van der Waals surface area contributed by atoms with E-state index in [4.69, 9.17) is 9.47 Å². The number of nitrogens with one attached hydrogen (secondary N) is 2. The maximum Gasteiger partial charge on any atom is 0.289 e. The van der Waals surface area contributed by atoms with Crippen molar-refractivity contribution < 1.29 is 24.5 Å². The molecule has 0 saturated carbocycles. The van der Waals surface area contributed by atoms with Crippen LogP contribution in [0.25, 0.3) is 11.3 Å². The zero-order chi connectivity index (χ0) is 20.1. The van der Waals surface area contributed by atoms with Gasteiger partial charge in [0.15, 0.2) is 11.5 Å². The summed E-state index contributed by atoms with van der Waals surface area (Å²) in [6.07, 6.45) is 1.26. The summed E-state index contributed by atoms with van der Waals surface area (Å²) in [6, 6.07) is 10.9. The standard InChI is InChI=1S/C19H18N4O5/c1-27-17-6-4-11(7-18(17)28-2)14-9-15(22-21-14)19(26)23-20-10-12-3-5-13(24)8-16(12)25/h3-10,24-25H,1-2H3,(H,21,22)(H,23,26)/b20-10+. The number of methoxy groups -OCH3 is 2. The molecular formula is C19H18N4O5. The first kappa shape index (κ1) is 18.8. The number of phenolic OH excluding ortho intramolecular Hbond substituents is 2. The highest BCUT2D eigenvalue weighted by atomic mass is 16.5. The molecule has 0 aliphatic carbocycles. The van der Waals surface area contributed by atoms with E-state index in [0.717, 1.165) is 5.56 Å². The summed E-state index contributed by atoms with van der Waals surface area (Å²) in [4.78, 5) is 12.2. The van der Waals surface area contributed by atoms with E-state index < -0.39 is 5.91 Å². The lowest BCUT2D eigenvalue weighted by molar-refractivity contribution is 0.0950. The molecule has 9 heteroatoms. The molecule has 4 N–H and O–H groups in total. The number of hydrogen-bond donors (Lipinski definition) is 4. The summed E-state index contributed by atoms with van der Waals surface area (Å²) < 4.78 is 10.5. The Morgan fingerprint density at radius 1 is 1.11 bits per heavy atom. The van der Waals surface area contributed by atoms with Crippen molar-refractivity contribution in [3.63, 3.8) is 0 Å². The summed E-state index contributed by atoms with van der Waals surface area (Å²) in [5.74, 6) is 0.404. The molecular weight excluding hydrogens is 364 g/mol. The summed E-state index contributed by atoms with van der Waals surface area (Å²) in [7, 11) is 3.09. The Hall–Kier alpha value is -4.01. The molecule has 144 valence electrons. The van der Waals surface area contributed by atoms with Crippen molar-refractivity contribution in [1.29, 1.82) is 0 Å². The second-order valence-electron chi connectivity index (χ2n) is 5.68. The highest BCUT2D eigenvalue weighted by Gasteiger charge is 2.12. The maximum atomic E-state index is 12.2. The molecule has 2 aromatic carbocycles. The van der Waals surface area contributed by atoms with E-state index in [1.165, 1.54) is 31.5 Å². The number of phenols is 2. The minimum absolute atomic E-state index is 0.0705. The summed E-state index contributed by atoms with van der Waals surface area (Å²) in [6.45, 7) is 0. The number of rotatable bonds is 6. The van der Waals surface area contributed by atoms with E-state index in [1.807, 2.05) is 0 Å². The fraction of sp³-hybridized carbons (Fsp3) is 0.105. The van der Waals surface area contributed by atoms with Gasteiger partial charge in [-0.1, -0.05) is 0 Å². The first-order valence-corrected chi connectivity index (χ1v) is 8.15. The van der Waals surface area contributed by atoms with Gasteiger partial charge in [-0.2, -0.15) is 10.2 Å². The molecule has 1 amide bonds. The van der Waals surface area contributed by atoms with Gasteiger partial charge in [-0.3, -0.25) is 9.89 Å². The van der Waals surface area contributed by atoms with Crippen molar-refractivity contribution in [2.45, 2.75) is 0 Å². The predicted molar refractivity (Wildman–Crippen MR) is 102 cm³/mol. The molecule has 0 atom stereocenters. The van der Waals surface area contributed by atoms with Crippen LogP contribution in [0.15, 0.2) is 47.6 Å². The Morgan fingerprint density at radius 3 is 2.61 bits per heavy atom. The molecule has 3 aromatic rings. The Labute approximate surface area is 160 Å². The van der Waals surface area contributed by atoms with E-state index in [0.29, 0.717) is 22.8 Å². The molecule has 1 heterocycles. The molecule has 1 aromatic heterocycles. The number of ether oxygens (including phenoxy) is 2. The molecule has 0 spiro atoms. The molecule has 0 saturated heterocycles. The Morgan fingerprint density at radius 2 is 1.89 bits per heavy atom. The van der Waals surface area contributed by atoms with Gasteiger partial charge in [0.25, 0.3) is 5.91 Å². The van der Waals surface area contributed by atoms with Gasteiger partial charge in [-0.05, 0) is 36.4 Å². The monoisotopic (exact) mass is 382 g/mol. The van der Waals surface area contributed by atoms with Crippen LogP contribution >= 0.6 is 0 Å². The van der Waals surface area contributed by atoms with E-state index in [1.54, 1.807) is 31.4 Å². The van der Waals surface area contributed by atoms with Crippen LogP contribution in [0.1, 0.15) is 16.1 Å². The van der Waals surface area contributed by atoms with Gasteiger partial charge < -0.3 is 19.7 Å². The number of aromatic hydroxyl groups is 2. The van der Waals surface area contributed by atoms with Gasteiger partial charge >= 0.3 is 0 Å². The smallest absolute Gasteiger partial charge is 0.289 e. The number of carbonyl (C=O) groups excluding carboxylic acids is 1. The van der Waals surface area contributed by atoms with Crippen LogP contribution in [0.2, 0.25) is 0 Å². The van der Waals surface area contributed by atoms with Crippen molar-refractivity contribution in [3.8, 4) is 34.3 Å². The number of H-pyrrole nitrogens is 1. The van der Waals surface area contributed by atoms with E-state index in [-0.39, 0.29) is 17.2 Å². The topological polar surface area (TPSA) is 129 Å². The highest BCUT2D eigenvalue weighted by Crippen LogP contribution is 2.31. The van der Waals surface area contributed by atoms with Crippen LogP contribution < -0.4 is 14.9 Å². The number of nitrogens with zero attached hydrogens (tertiary/aromatic N) is 2. The number of hydrogen-bond acceptors (Lipinski definition) is 7. The zero-order valence-electron chi connectivity index (χ0n) is 15.1. The largest absolute Gasteiger partial charge is 0.508 e. The average Bonchev–Trinajstić information content (AvgIpc) is 3.19. The van der Waals surface area contributed by atoms with E-state index in [9.17, 15) is 15.0 Å². The molecule has 0 radical (unpaired) electrons. The Kier molecular flexibility index (Phi) is 5.45. The summed E-state index contributed by atoms with van der Waals surface area (Å²) in [5, 5.41) is 29.5. The van der Waals surface area contributed by atoms with Crippen molar-refractivity contribution in [2.24, 2.45) is 5.10 Å². The minimum Gasteiger partial charge on any atom is -0.508 e. The van der Waals surface area contributed by atoms with Crippen LogP contribution in [-0.4, -0.2) is 46.8 Å². The Bertz CT molecular complexity index is 1030. The van der Waals surface area contributed by atoms with Crippen molar-refractivity contribution in [3.05, 3.63) is 53.7 Å². The Balaban J connectivity index is 1.71. The van der Waals surface area contributed by atoms with Crippen LogP contribution in [0, 0.1) is 0 Å². The zero-order valence-corrected chi connectivity index (χ0v) is 15.1. The summed E-state index contributed by atoms with van der Waals surface area (Å²) in [5.41, 5.74) is 4.17. The second kappa shape index (κ2) is 8.12. The summed E-state index contributed by atoms with van der Waals surface area (Å²) >= 11 is 0. The fourth-order valence-corrected chi connectivity index (χ4v) is 2.44. The fourth-order valence-electron chi connectivity index (χ4n) is 2.44. The molecule has 0 unspecified atom stereocenters. The SMILES string of the molecule is COc1ccc(-c2cc(C(=O)N/N=C/c3ccc(O)cc3O)[nH]n2)cc1OC. The average molecular weight is 382 g/mol. The van der Waals surface area contributed by atoms with Gasteiger partial charge in [0, 0.05) is 17.2 Å². The number of aromatic amines is 1. The van der Waals surface area contributed by atoms with Gasteiger partial charge in [-0.15, -0.1) is 0 Å². The molecule has 0 aliphatic rings. The maximum absolute atomic E-state index is 12.2. The molecule has 0 fully saturated rings. The lowest BCUT2D eigenvalue weighted by Crippen LogP contribution is -2.18. The third-order valence-corrected chi connectivity index (χ3v) is 3.89. The van der Waals surface area contributed by atoms with Crippen molar-refractivity contribution >= 4 is 12.1 Å². The van der Waals surface area contributed by atoms with Gasteiger partial charge in [0.2, 0.25) is 0 Å². The van der Waals surface area contributed by atoms with Crippen LogP contribution in [0.5, 0.6) is 23.0 Å². The van der Waals surface area contributed by atoms with E-state index in [2.05, 4.69) is 20.7 Å². The molecule has 28 heavy (non-hydrogen) atoms. The molecule has 3 rings (SSSR count). The second-order valence-corrected chi connectivity index (χ2v) is 5.68. The first-order chi connectivity index (χ1) is 13.5. The normalized spacial score (nSPS) is 10.8. The molecule has 0 aliphatic heterocycles.